The van der Waals surface area contributed by atoms with E-state index in [0.29, 0.717) is 32.2 Å². The fourth-order valence-corrected chi connectivity index (χ4v) is 6.16. The smallest absolute Gasteiger partial charge is 0.249 e. The van der Waals surface area contributed by atoms with Gasteiger partial charge < -0.3 is 20.9 Å². The minimum atomic E-state index is -0.890. The molecule has 0 bridgehead atoms. The van der Waals surface area contributed by atoms with Crippen LogP contribution in [0.4, 0.5) is 0 Å². The Morgan fingerprint density at radius 2 is 1.77 bits per heavy atom. The molecular formula is C23H28N4O4. The maximum absolute atomic E-state index is 14.0. The number of carbonyl (C=O) groups excluding carboxylic acids is 4. The first-order chi connectivity index (χ1) is 14.9. The molecule has 0 unspecified atom stereocenters. The number of rotatable bonds is 3. The number of likely N-dealkylation sites (tertiary alicyclic amines) is 1. The second kappa shape index (κ2) is 7.35. The first-order valence-corrected chi connectivity index (χ1v) is 11.2. The predicted molar refractivity (Wildman–Crippen MR) is 111 cm³/mol. The van der Waals surface area contributed by atoms with Gasteiger partial charge in [0.15, 0.2) is 0 Å². The minimum Gasteiger partial charge on any atom is -0.368 e. The fourth-order valence-electron chi connectivity index (χ4n) is 6.16. The largest absolute Gasteiger partial charge is 0.368 e. The van der Waals surface area contributed by atoms with Crippen molar-refractivity contribution in [1.29, 1.82) is 0 Å². The highest BCUT2D eigenvalue weighted by Gasteiger charge is 2.56. The van der Waals surface area contributed by atoms with E-state index < -0.39 is 23.5 Å². The zero-order valence-corrected chi connectivity index (χ0v) is 17.5. The summed E-state index contributed by atoms with van der Waals surface area (Å²) in [5, 5.41) is 2.88. The molecule has 8 nitrogen and oxygen atoms in total. The van der Waals surface area contributed by atoms with E-state index in [4.69, 9.17) is 5.73 Å². The Kier molecular flexibility index (Phi) is 4.75. The van der Waals surface area contributed by atoms with Crippen molar-refractivity contribution < 1.29 is 19.2 Å². The second-order valence-electron chi connectivity index (χ2n) is 9.31. The summed E-state index contributed by atoms with van der Waals surface area (Å²) in [5.74, 6) is -1.13. The van der Waals surface area contributed by atoms with E-state index >= 15 is 0 Å². The number of nitrogens with zero attached hydrogens (tertiary/aromatic N) is 2. The topological polar surface area (TPSA) is 113 Å². The lowest BCUT2D eigenvalue weighted by Gasteiger charge is -2.37. The van der Waals surface area contributed by atoms with Crippen molar-refractivity contribution in [3.63, 3.8) is 0 Å². The van der Waals surface area contributed by atoms with Crippen molar-refractivity contribution >= 4 is 23.6 Å². The van der Waals surface area contributed by atoms with Gasteiger partial charge in [-0.1, -0.05) is 30.3 Å². The maximum atomic E-state index is 14.0. The van der Waals surface area contributed by atoms with E-state index in [1.54, 1.807) is 9.80 Å². The Morgan fingerprint density at radius 3 is 2.45 bits per heavy atom. The number of hydrogen-bond donors (Lipinski definition) is 2. The Hall–Kier alpha value is -2.90. The van der Waals surface area contributed by atoms with Gasteiger partial charge in [-0.25, -0.2) is 0 Å². The third-order valence-corrected chi connectivity index (χ3v) is 7.70. The highest BCUT2D eigenvalue weighted by Crippen LogP contribution is 2.42. The highest BCUT2D eigenvalue weighted by atomic mass is 16.2. The molecule has 3 N–H and O–H groups in total. The molecule has 4 heterocycles. The van der Waals surface area contributed by atoms with Crippen LogP contribution < -0.4 is 11.1 Å². The van der Waals surface area contributed by atoms with E-state index in [-0.39, 0.29) is 29.7 Å². The highest BCUT2D eigenvalue weighted by molar-refractivity contribution is 6.00. The van der Waals surface area contributed by atoms with Crippen molar-refractivity contribution in [2.45, 2.75) is 74.5 Å². The van der Waals surface area contributed by atoms with Gasteiger partial charge in [-0.05, 0) is 44.1 Å². The Morgan fingerprint density at radius 1 is 1.03 bits per heavy atom. The Bertz CT molecular complexity index is 935. The summed E-state index contributed by atoms with van der Waals surface area (Å²) in [7, 11) is 0. The van der Waals surface area contributed by atoms with Crippen LogP contribution in [0.3, 0.4) is 0 Å². The second-order valence-corrected chi connectivity index (χ2v) is 9.31. The predicted octanol–water partition coefficient (Wildman–Crippen LogP) is 0.659. The number of hydrogen-bond acceptors (Lipinski definition) is 4. The SMILES string of the molecule is NC(=O)[C@@H]1CC[C@@H]2CC[C@H](c3ccccc3)[C@@H](N3CC[C@]4(CCC(=O)N4)C3=O)C(=O)N21. The van der Waals surface area contributed by atoms with Gasteiger partial charge in [0.05, 0.1) is 0 Å². The van der Waals surface area contributed by atoms with Crippen LogP contribution in [0.5, 0.6) is 0 Å². The number of amides is 4. The van der Waals surface area contributed by atoms with Gasteiger partial charge in [-0.2, -0.15) is 0 Å². The van der Waals surface area contributed by atoms with Gasteiger partial charge in [-0.15, -0.1) is 0 Å². The first-order valence-electron chi connectivity index (χ1n) is 11.2. The molecule has 8 heteroatoms. The van der Waals surface area contributed by atoms with Crippen LogP contribution in [0.2, 0.25) is 0 Å². The van der Waals surface area contributed by atoms with E-state index in [0.717, 1.165) is 24.8 Å². The molecule has 5 rings (SSSR count). The summed E-state index contributed by atoms with van der Waals surface area (Å²) in [4.78, 5) is 54.9. The van der Waals surface area contributed by atoms with Crippen molar-refractivity contribution in [2.24, 2.45) is 5.73 Å². The molecule has 4 saturated heterocycles. The molecule has 4 fully saturated rings. The fraction of sp³-hybridized carbons (Fsp3) is 0.565. The molecule has 0 radical (unpaired) electrons. The van der Waals surface area contributed by atoms with Crippen molar-refractivity contribution in [3.8, 4) is 0 Å². The van der Waals surface area contributed by atoms with Crippen molar-refractivity contribution in [1.82, 2.24) is 15.1 Å². The lowest BCUT2D eigenvalue weighted by Crippen LogP contribution is -2.58. The van der Waals surface area contributed by atoms with Crippen molar-refractivity contribution in [3.05, 3.63) is 35.9 Å². The third-order valence-electron chi connectivity index (χ3n) is 7.70. The molecule has 0 aliphatic carbocycles. The summed E-state index contributed by atoms with van der Waals surface area (Å²) in [6.07, 6.45) is 4.15. The summed E-state index contributed by atoms with van der Waals surface area (Å²) in [6.45, 7) is 0.415. The Balaban J connectivity index is 1.54. The molecule has 4 aliphatic heterocycles. The van der Waals surface area contributed by atoms with Crippen LogP contribution in [0.25, 0.3) is 0 Å². The van der Waals surface area contributed by atoms with Crippen LogP contribution in [0, 0.1) is 0 Å². The maximum Gasteiger partial charge on any atom is 0.249 e. The lowest BCUT2D eigenvalue weighted by molar-refractivity contribution is -0.149. The molecule has 5 atom stereocenters. The average Bonchev–Trinajstić information content (AvgIpc) is 3.42. The van der Waals surface area contributed by atoms with Crippen molar-refractivity contribution in [2.75, 3.05) is 6.54 Å². The molecule has 0 saturated carbocycles. The van der Waals surface area contributed by atoms with E-state index in [2.05, 4.69) is 5.32 Å². The third kappa shape index (κ3) is 3.11. The normalized spacial score (nSPS) is 35.4. The molecule has 1 aromatic rings. The monoisotopic (exact) mass is 424 g/mol. The Labute approximate surface area is 181 Å². The number of carbonyl (C=O) groups is 4. The number of nitrogens with two attached hydrogens (primary N) is 1. The molecule has 1 aromatic carbocycles. The van der Waals surface area contributed by atoms with E-state index in [1.807, 2.05) is 30.3 Å². The van der Waals surface area contributed by atoms with E-state index in [9.17, 15) is 19.2 Å². The minimum absolute atomic E-state index is 0.0286. The van der Waals surface area contributed by atoms with E-state index in [1.165, 1.54) is 0 Å². The molecule has 4 amide bonds. The summed E-state index contributed by atoms with van der Waals surface area (Å²) in [6, 6.07) is 8.48. The molecule has 4 aliphatic rings. The van der Waals surface area contributed by atoms with Gasteiger partial charge in [-0.3, -0.25) is 19.2 Å². The zero-order valence-electron chi connectivity index (χ0n) is 17.5. The van der Waals surface area contributed by atoms with Crippen LogP contribution in [0.1, 0.15) is 56.4 Å². The van der Waals surface area contributed by atoms with Gasteiger partial charge in [0, 0.05) is 24.9 Å². The van der Waals surface area contributed by atoms with Crippen LogP contribution in [0.15, 0.2) is 30.3 Å². The average molecular weight is 425 g/mol. The lowest BCUT2D eigenvalue weighted by atomic mass is 9.86. The quantitative estimate of drug-likeness (QED) is 0.742. The first kappa shape index (κ1) is 20.0. The molecule has 0 aromatic heterocycles. The number of fused-ring (bicyclic) bond motifs is 1. The van der Waals surface area contributed by atoms with Gasteiger partial charge >= 0.3 is 0 Å². The van der Waals surface area contributed by atoms with Gasteiger partial charge in [0.2, 0.25) is 23.6 Å². The summed E-state index contributed by atoms with van der Waals surface area (Å²) >= 11 is 0. The molecule has 31 heavy (non-hydrogen) atoms. The zero-order chi connectivity index (χ0) is 21.8. The number of benzene rings is 1. The van der Waals surface area contributed by atoms with Crippen LogP contribution in [-0.2, 0) is 19.2 Å². The number of primary amides is 1. The molecule has 1 spiro atoms. The van der Waals surface area contributed by atoms with Gasteiger partial charge in [0.1, 0.15) is 17.6 Å². The number of nitrogens with one attached hydrogen (secondary N) is 1. The van der Waals surface area contributed by atoms with Gasteiger partial charge in [0.25, 0.3) is 0 Å². The van der Waals surface area contributed by atoms with Crippen LogP contribution in [-0.4, -0.2) is 63.6 Å². The summed E-state index contributed by atoms with van der Waals surface area (Å²) in [5.41, 5.74) is 5.76. The standard InChI is InChI=1S/C23H28N4O4/c24-20(29)17-9-7-15-6-8-16(14-4-2-1-3-5-14)19(21(30)27(15)17)26-13-12-23(22(26)31)11-10-18(28)25-23/h1-5,15-17,19H,6-13H2,(H2,24,29)(H,25,28)/t15-,16+,17-,19+,23+/m0/s1. The van der Waals surface area contributed by atoms with Crippen LogP contribution >= 0.6 is 0 Å². The summed E-state index contributed by atoms with van der Waals surface area (Å²) < 4.78 is 0. The molecular weight excluding hydrogens is 396 g/mol. The molecule has 164 valence electrons.